The highest BCUT2D eigenvalue weighted by Crippen LogP contribution is 2.49. The van der Waals surface area contributed by atoms with Gasteiger partial charge in [-0.25, -0.2) is 4.39 Å². The van der Waals surface area contributed by atoms with Crippen LogP contribution in [0.15, 0.2) is 18.3 Å². The van der Waals surface area contributed by atoms with Crippen LogP contribution < -0.4 is 5.32 Å². The summed E-state index contributed by atoms with van der Waals surface area (Å²) < 4.78 is 15.5. The van der Waals surface area contributed by atoms with Crippen molar-refractivity contribution in [3.05, 3.63) is 35.3 Å². The van der Waals surface area contributed by atoms with E-state index in [-0.39, 0.29) is 11.7 Å². The van der Waals surface area contributed by atoms with E-state index in [2.05, 4.69) is 5.32 Å². The summed E-state index contributed by atoms with van der Waals surface area (Å²) >= 11 is 0. The Morgan fingerprint density at radius 1 is 1.29 bits per heavy atom. The van der Waals surface area contributed by atoms with Crippen molar-refractivity contribution in [2.45, 2.75) is 45.4 Å². The van der Waals surface area contributed by atoms with Gasteiger partial charge in [-0.3, -0.25) is 4.79 Å². The first kappa shape index (κ1) is 15.7. The fourth-order valence-electron chi connectivity index (χ4n) is 4.82. The first-order valence-corrected chi connectivity index (χ1v) is 9.01. The molecule has 1 heterocycles. The summed E-state index contributed by atoms with van der Waals surface area (Å²) in [4.78, 5) is 12.8. The Balaban J connectivity index is 1.58. The third kappa shape index (κ3) is 2.52. The lowest BCUT2D eigenvalue weighted by molar-refractivity contribution is 0.0598. The van der Waals surface area contributed by atoms with Crippen LogP contribution in [0.1, 0.15) is 54.4 Å². The normalized spacial score (nSPS) is 26.0. The molecule has 4 heteroatoms. The van der Waals surface area contributed by atoms with Crippen molar-refractivity contribution < 1.29 is 9.18 Å². The van der Waals surface area contributed by atoms with Gasteiger partial charge in [0.25, 0.3) is 5.91 Å². The second-order valence-electron chi connectivity index (χ2n) is 7.94. The number of fused-ring (bicyclic) bond motifs is 4. The van der Waals surface area contributed by atoms with Gasteiger partial charge in [0.2, 0.25) is 0 Å². The van der Waals surface area contributed by atoms with E-state index in [1.54, 1.807) is 0 Å². The highest BCUT2D eigenvalue weighted by atomic mass is 19.1. The zero-order chi connectivity index (χ0) is 16.9. The SMILES string of the molecule is Cc1cc(F)cc2c1c(C(=O)NCC13CCC(CC1)CC3)cn2C. The van der Waals surface area contributed by atoms with Crippen molar-refractivity contribution in [2.24, 2.45) is 18.4 Å². The van der Waals surface area contributed by atoms with Crippen molar-refractivity contribution in [2.75, 3.05) is 6.54 Å². The summed E-state index contributed by atoms with van der Waals surface area (Å²) in [5, 5.41) is 4.05. The maximum atomic E-state index is 13.7. The molecule has 24 heavy (non-hydrogen) atoms. The molecule has 2 aromatic rings. The maximum Gasteiger partial charge on any atom is 0.253 e. The molecule has 0 spiro atoms. The Bertz CT molecular complexity index is 786. The molecule has 128 valence electrons. The van der Waals surface area contributed by atoms with Crippen LogP contribution in [0.2, 0.25) is 0 Å². The smallest absolute Gasteiger partial charge is 0.253 e. The molecule has 3 saturated carbocycles. The lowest BCUT2D eigenvalue weighted by Crippen LogP contribution is -2.43. The van der Waals surface area contributed by atoms with Crippen LogP contribution in [0.5, 0.6) is 0 Å². The van der Waals surface area contributed by atoms with Crippen LogP contribution in [0.4, 0.5) is 4.39 Å². The molecule has 5 rings (SSSR count). The van der Waals surface area contributed by atoms with Gasteiger partial charge in [0.05, 0.1) is 11.1 Å². The molecule has 0 radical (unpaired) electrons. The van der Waals surface area contributed by atoms with E-state index in [0.717, 1.165) is 28.9 Å². The lowest BCUT2D eigenvalue weighted by atomic mass is 9.61. The van der Waals surface area contributed by atoms with Gasteiger partial charge in [0.1, 0.15) is 5.82 Å². The van der Waals surface area contributed by atoms with Gasteiger partial charge >= 0.3 is 0 Å². The number of aromatic nitrogens is 1. The Hall–Kier alpha value is -1.84. The van der Waals surface area contributed by atoms with E-state index in [0.29, 0.717) is 11.0 Å². The third-order valence-corrected chi connectivity index (χ3v) is 6.37. The van der Waals surface area contributed by atoms with Crippen LogP contribution >= 0.6 is 0 Å². The number of nitrogens with one attached hydrogen (secondary N) is 1. The lowest BCUT2D eigenvalue weighted by Gasteiger charge is -2.46. The molecule has 3 fully saturated rings. The van der Waals surface area contributed by atoms with E-state index < -0.39 is 0 Å². The second kappa shape index (κ2) is 5.61. The van der Waals surface area contributed by atoms with Crippen LogP contribution in [0.25, 0.3) is 10.9 Å². The van der Waals surface area contributed by atoms with Crippen molar-refractivity contribution in [1.29, 1.82) is 0 Å². The molecule has 1 aromatic carbocycles. The first-order valence-electron chi connectivity index (χ1n) is 9.01. The van der Waals surface area contributed by atoms with Gasteiger partial charge in [-0.15, -0.1) is 0 Å². The molecule has 0 saturated heterocycles. The minimum atomic E-state index is -0.258. The maximum absolute atomic E-state index is 13.7. The Labute approximate surface area is 142 Å². The Morgan fingerprint density at radius 3 is 2.62 bits per heavy atom. The monoisotopic (exact) mass is 328 g/mol. The molecule has 3 aliphatic rings. The topological polar surface area (TPSA) is 34.0 Å². The molecule has 0 atom stereocenters. The predicted octanol–water partition coefficient (Wildman–Crippen LogP) is 4.33. The van der Waals surface area contributed by atoms with Crippen molar-refractivity contribution >= 4 is 16.8 Å². The Morgan fingerprint density at radius 2 is 1.96 bits per heavy atom. The number of carbonyl (C=O) groups excluding carboxylic acids is 1. The summed E-state index contributed by atoms with van der Waals surface area (Å²) in [7, 11) is 1.86. The average molecular weight is 328 g/mol. The van der Waals surface area contributed by atoms with E-state index in [1.807, 2.05) is 24.7 Å². The van der Waals surface area contributed by atoms with Crippen LogP contribution in [-0.2, 0) is 7.05 Å². The molecular weight excluding hydrogens is 303 g/mol. The minimum Gasteiger partial charge on any atom is -0.351 e. The second-order valence-corrected chi connectivity index (χ2v) is 7.94. The molecule has 1 amide bonds. The van der Waals surface area contributed by atoms with E-state index in [4.69, 9.17) is 0 Å². The van der Waals surface area contributed by atoms with E-state index >= 15 is 0 Å². The van der Waals surface area contributed by atoms with Gasteiger partial charge in [-0.2, -0.15) is 0 Å². The average Bonchev–Trinajstić information content (AvgIpc) is 2.92. The fourth-order valence-corrected chi connectivity index (χ4v) is 4.82. The molecule has 0 unspecified atom stereocenters. The predicted molar refractivity (Wildman–Crippen MR) is 93.6 cm³/mol. The summed E-state index contributed by atoms with van der Waals surface area (Å²) in [5.41, 5.74) is 2.56. The van der Waals surface area contributed by atoms with Gasteiger partial charge in [-0.1, -0.05) is 0 Å². The first-order chi connectivity index (χ1) is 11.5. The quantitative estimate of drug-likeness (QED) is 0.894. The molecule has 3 nitrogen and oxygen atoms in total. The molecular formula is C20H25FN2O. The zero-order valence-electron chi connectivity index (χ0n) is 14.5. The summed E-state index contributed by atoms with van der Waals surface area (Å²) in [6.07, 6.45) is 9.53. The standard InChI is InChI=1S/C20H25FN2O/c1-13-9-15(21)10-17-18(13)16(11-23(17)2)19(24)22-12-20-6-3-14(4-7-20)5-8-20/h9-11,14H,3-8,12H2,1-2H3,(H,22,24). The number of rotatable bonds is 3. The summed E-state index contributed by atoms with van der Waals surface area (Å²) in [5.74, 6) is 0.640. The van der Waals surface area contributed by atoms with Gasteiger partial charge in [0.15, 0.2) is 0 Å². The largest absolute Gasteiger partial charge is 0.351 e. The number of carbonyl (C=O) groups is 1. The highest BCUT2D eigenvalue weighted by Gasteiger charge is 2.40. The van der Waals surface area contributed by atoms with E-state index in [1.165, 1.54) is 50.7 Å². The van der Waals surface area contributed by atoms with Gasteiger partial charge in [0, 0.05) is 25.2 Å². The third-order valence-electron chi connectivity index (χ3n) is 6.37. The van der Waals surface area contributed by atoms with Crippen LogP contribution in [0.3, 0.4) is 0 Å². The number of benzene rings is 1. The summed E-state index contributed by atoms with van der Waals surface area (Å²) in [6, 6.07) is 3.00. The Kier molecular flexibility index (Phi) is 3.66. The zero-order valence-corrected chi connectivity index (χ0v) is 14.5. The molecule has 0 aliphatic heterocycles. The molecule has 1 aromatic heterocycles. The van der Waals surface area contributed by atoms with Crippen LogP contribution in [-0.4, -0.2) is 17.0 Å². The van der Waals surface area contributed by atoms with Gasteiger partial charge in [-0.05, 0) is 74.5 Å². The van der Waals surface area contributed by atoms with Crippen LogP contribution in [0, 0.1) is 24.1 Å². The number of amides is 1. The molecule has 2 bridgehead atoms. The summed E-state index contributed by atoms with van der Waals surface area (Å²) in [6.45, 7) is 2.64. The van der Waals surface area contributed by atoms with Crippen molar-refractivity contribution in [3.8, 4) is 0 Å². The molecule has 3 aliphatic carbocycles. The molecule has 1 N–H and O–H groups in total. The number of hydrogen-bond acceptors (Lipinski definition) is 1. The van der Waals surface area contributed by atoms with Crippen molar-refractivity contribution in [3.63, 3.8) is 0 Å². The number of aryl methyl sites for hydroxylation is 2. The number of halogens is 1. The van der Waals surface area contributed by atoms with Crippen molar-refractivity contribution in [1.82, 2.24) is 9.88 Å². The van der Waals surface area contributed by atoms with Gasteiger partial charge < -0.3 is 9.88 Å². The minimum absolute atomic E-state index is 0.0302. The highest BCUT2D eigenvalue weighted by molar-refractivity contribution is 6.08. The fraction of sp³-hybridized carbons (Fsp3) is 0.550. The number of nitrogens with zero attached hydrogens (tertiary/aromatic N) is 1. The van der Waals surface area contributed by atoms with E-state index in [9.17, 15) is 9.18 Å². The number of hydrogen-bond donors (Lipinski definition) is 1.